The first-order chi connectivity index (χ1) is 20.4. The molecule has 2 heterocycles. The van der Waals surface area contributed by atoms with Crippen molar-refractivity contribution < 1.29 is 23.8 Å². The molecule has 1 N–H and O–H groups in total. The molecule has 0 saturated carbocycles. The van der Waals surface area contributed by atoms with Crippen molar-refractivity contribution in [1.29, 1.82) is 0 Å². The Hall–Kier alpha value is -3.78. The van der Waals surface area contributed by atoms with Crippen LogP contribution in [0.25, 0.3) is 11.1 Å². The molecule has 1 fully saturated rings. The average Bonchev–Trinajstić information content (AvgIpc) is 3.35. The fraction of sp³-hybridized carbons (Fsp3) is 0.273. The van der Waals surface area contributed by atoms with E-state index in [4.69, 9.17) is 37.4 Å². The number of methoxy groups -OCH3 is 1. The van der Waals surface area contributed by atoms with Gasteiger partial charge in [0.15, 0.2) is 0 Å². The quantitative estimate of drug-likeness (QED) is 0.240. The van der Waals surface area contributed by atoms with Crippen LogP contribution in [0, 0.1) is 0 Å². The van der Waals surface area contributed by atoms with Gasteiger partial charge in [0.2, 0.25) is 5.91 Å². The van der Waals surface area contributed by atoms with Gasteiger partial charge in [0.1, 0.15) is 17.6 Å². The van der Waals surface area contributed by atoms with E-state index < -0.39 is 5.97 Å². The first-order valence-corrected chi connectivity index (χ1v) is 14.5. The van der Waals surface area contributed by atoms with Crippen LogP contribution in [0.4, 0.5) is 0 Å². The van der Waals surface area contributed by atoms with E-state index in [1.165, 1.54) is 7.11 Å². The summed E-state index contributed by atoms with van der Waals surface area (Å²) >= 11 is 12.9. The minimum absolute atomic E-state index is 0.0654. The third kappa shape index (κ3) is 6.81. The molecule has 42 heavy (non-hydrogen) atoms. The molecule has 0 radical (unpaired) electrons. The number of fused-ring (bicyclic) bond motifs is 1. The summed E-state index contributed by atoms with van der Waals surface area (Å²) in [7, 11) is 2.98. The molecule has 1 atom stereocenters. The molecule has 5 rings (SSSR count). The van der Waals surface area contributed by atoms with Crippen LogP contribution in [0.3, 0.4) is 0 Å². The number of esters is 1. The van der Waals surface area contributed by atoms with Crippen LogP contribution in [0.2, 0.25) is 10.0 Å². The van der Waals surface area contributed by atoms with E-state index in [-0.39, 0.29) is 12.0 Å². The lowest BCUT2D eigenvalue weighted by atomic mass is 9.87. The van der Waals surface area contributed by atoms with Gasteiger partial charge in [-0.3, -0.25) is 9.69 Å². The zero-order chi connectivity index (χ0) is 29.6. The van der Waals surface area contributed by atoms with Gasteiger partial charge in [-0.1, -0.05) is 47.5 Å². The minimum atomic E-state index is -0.424. The lowest BCUT2D eigenvalue weighted by Crippen LogP contribution is -2.25. The molecular formula is C33H32Cl2N2O5. The number of likely N-dealkylation sites (tertiary alicyclic amines) is 1. The van der Waals surface area contributed by atoms with Gasteiger partial charge in [0.25, 0.3) is 0 Å². The highest BCUT2D eigenvalue weighted by molar-refractivity contribution is 6.36. The summed E-state index contributed by atoms with van der Waals surface area (Å²) in [6.45, 7) is 2.81. The Morgan fingerprint density at radius 2 is 1.86 bits per heavy atom. The Labute approximate surface area is 255 Å². The smallest absolute Gasteiger partial charge is 0.337 e. The van der Waals surface area contributed by atoms with Gasteiger partial charge in [0, 0.05) is 54.8 Å². The molecule has 2 aliphatic rings. The number of amides is 1. The number of likely N-dealkylation sites (N-methyl/N-ethyl adjacent to an activating group) is 1. The van der Waals surface area contributed by atoms with Crippen molar-refractivity contribution in [3.05, 3.63) is 105 Å². The summed E-state index contributed by atoms with van der Waals surface area (Å²) in [5.41, 5.74) is 5.10. The molecule has 1 amide bonds. The maximum Gasteiger partial charge on any atom is 0.337 e. The van der Waals surface area contributed by atoms with E-state index in [0.29, 0.717) is 40.9 Å². The van der Waals surface area contributed by atoms with Crippen molar-refractivity contribution in [1.82, 2.24) is 10.2 Å². The molecule has 2 aliphatic heterocycles. The number of rotatable bonds is 8. The molecule has 1 saturated heterocycles. The SMILES string of the molecule is CNC(=O)/C=C/CN1CC[C@H](Oc2ccc(C3=C(c4ccc(Cl)cc4Cl)CCOc4cc(C(=O)OC)ccc43)cc2)C1. The molecule has 3 aromatic carbocycles. The highest BCUT2D eigenvalue weighted by Crippen LogP contribution is 2.43. The second-order valence-electron chi connectivity index (χ2n) is 10.1. The van der Waals surface area contributed by atoms with Crippen molar-refractivity contribution in [2.24, 2.45) is 0 Å². The van der Waals surface area contributed by atoms with Crippen LogP contribution in [-0.2, 0) is 9.53 Å². The fourth-order valence-corrected chi connectivity index (χ4v) is 5.84. The molecule has 0 aliphatic carbocycles. The average molecular weight is 608 g/mol. The summed E-state index contributed by atoms with van der Waals surface area (Å²) in [6.07, 6.45) is 5.00. The number of hydrogen-bond acceptors (Lipinski definition) is 6. The van der Waals surface area contributed by atoms with Crippen molar-refractivity contribution in [3.63, 3.8) is 0 Å². The summed E-state index contributed by atoms with van der Waals surface area (Å²) in [4.78, 5) is 25.9. The predicted octanol–water partition coefficient (Wildman–Crippen LogP) is 6.28. The van der Waals surface area contributed by atoms with E-state index in [0.717, 1.165) is 53.1 Å². The number of nitrogens with one attached hydrogen (secondary N) is 1. The van der Waals surface area contributed by atoms with Crippen LogP contribution in [0.5, 0.6) is 11.5 Å². The number of carbonyl (C=O) groups excluding carboxylic acids is 2. The molecule has 0 aromatic heterocycles. The highest BCUT2D eigenvalue weighted by Gasteiger charge is 2.25. The molecular weight excluding hydrogens is 575 g/mol. The monoisotopic (exact) mass is 606 g/mol. The molecule has 218 valence electrons. The Balaban J connectivity index is 1.44. The Kier molecular flexibility index (Phi) is 9.52. The van der Waals surface area contributed by atoms with Crippen molar-refractivity contribution in [3.8, 4) is 11.5 Å². The number of halogens is 2. The normalized spacial score (nSPS) is 17.0. The fourth-order valence-electron chi connectivity index (χ4n) is 5.32. The van der Waals surface area contributed by atoms with Gasteiger partial charge in [-0.2, -0.15) is 0 Å². The summed E-state index contributed by atoms with van der Waals surface area (Å²) < 4.78 is 17.4. The van der Waals surface area contributed by atoms with E-state index in [2.05, 4.69) is 10.2 Å². The van der Waals surface area contributed by atoms with Gasteiger partial charge in [-0.25, -0.2) is 4.79 Å². The van der Waals surface area contributed by atoms with Crippen molar-refractivity contribution >= 4 is 46.2 Å². The largest absolute Gasteiger partial charge is 0.493 e. The Morgan fingerprint density at radius 3 is 2.60 bits per heavy atom. The van der Waals surface area contributed by atoms with Crippen LogP contribution in [0.15, 0.2) is 72.8 Å². The summed E-state index contributed by atoms with van der Waals surface area (Å²) in [6, 6.07) is 18.9. The second-order valence-corrected chi connectivity index (χ2v) is 11.0. The van der Waals surface area contributed by atoms with E-state index in [1.54, 1.807) is 31.3 Å². The molecule has 3 aromatic rings. The van der Waals surface area contributed by atoms with Gasteiger partial charge in [0.05, 0.1) is 19.3 Å². The van der Waals surface area contributed by atoms with E-state index in [1.807, 2.05) is 48.5 Å². The first kappa shape index (κ1) is 29.7. The third-order valence-electron chi connectivity index (χ3n) is 7.39. The van der Waals surface area contributed by atoms with Crippen molar-refractivity contribution in [2.75, 3.05) is 40.4 Å². The second kappa shape index (κ2) is 13.5. The van der Waals surface area contributed by atoms with Crippen molar-refractivity contribution in [2.45, 2.75) is 18.9 Å². The molecule has 0 bridgehead atoms. The van der Waals surface area contributed by atoms with Crippen LogP contribution >= 0.6 is 23.2 Å². The number of ether oxygens (including phenoxy) is 3. The number of carbonyl (C=O) groups is 2. The van der Waals surface area contributed by atoms with E-state index >= 15 is 0 Å². The number of nitrogens with zero attached hydrogens (tertiary/aromatic N) is 1. The van der Waals surface area contributed by atoms with Crippen LogP contribution in [-0.4, -0.2) is 63.3 Å². The zero-order valence-electron chi connectivity index (χ0n) is 23.5. The zero-order valence-corrected chi connectivity index (χ0v) is 25.0. The van der Waals surface area contributed by atoms with Gasteiger partial charge in [-0.15, -0.1) is 0 Å². The van der Waals surface area contributed by atoms with Gasteiger partial charge in [-0.05, 0) is 71.2 Å². The lowest BCUT2D eigenvalue weighted by molar-refractivity contribution is -0.116. The maximum absolute atomic E-state index is 12.2. The van der Waals surface area contributed by atoms with Gasteiger partial charge >= 0.3 is 5.97 Å². The summed E-state index contributed by atoms with van der Waals surface area (Å²) in [5.74, 6) is 0.853. The molecule has 0 spiro atoms. The maximum atomic E-state index is 12.2. The first-order valence-electron chi connectivity index (χ1n) is 13.8. The van der Waals surface area contributed by atoms with Gasteiger partial charge < -0.3 is 19.5 Å². The molecule has 0 unspecified atom stereocenters. The molecule has 7 nitrogen and oxygen atoms in total. The topological polar surface area (TPSA) is 77.1 Å². The Morgan fingerprint density at radius 1 is 1.07 bits per heavy atom. The molecule has 9 heteroatoms. The van der Waals surface area contributed by atoms with Crippen LogP contribution < -0.4 is 14.8 Å². The summed E-state index contributed by atoms with van der Waals surface area (Å²) in [5, 5.41) is 3.70. The number of hydrogen-bond donors (Lipinski definition) is 1. The lowest BCUT2D eigenvalue weighted by Gasteiger charge is -2.18. The van der Waals surface area contributed by atoms with E-state index in [9.17, 15) is 9.59 Å². The Bertz CT molecular complexity index is 1530. The minimum Gasteiger partial charge on any atom is -0.493 e. The standard InChI is InChI=1S/C33H32Cl2N2O5/c1-36-31(38)4-3-15-37-16-13-25(20-37)42-24-9-5-21(6-10-24)32-27(26-12-8-23(34)19-29(26)35)14-17-41-30-18-22(33(39)40-2)7-11-28(30)32/h3-12,18-19,25H,13-17,20H2,1-2H3,(H,36,38)/b4-3+/t25-/m0/s1. The third-order valence-corrected chi connectivity index (χ3v) is 7.94. The number of benzene rings is 3. The van der Waals surface area contributed by atoms with Crippen LogP contribution in [0.1, 0.15) is 39.9 Å². The predicted molar refractivity (Wildman–Crippen MR) is 165 cm³/mol. The highest BCUT2D eigenvalue weighted by atomic mass is 35.5.